The fourth-order valence-corrected chi connectivity index (χ4v) is 11.6. The molecule has 0 bridgehead atoms. The molecular weight excluding hydrogens is 1310 g/mol. The molecule has 25 nitrogen and oxygen atoms in total. The fourth-order valence-electron chi connectivity index (χ4n) is 11.5. The van der Waals surface area contributed by atoms with Crippen molar-refractivity contribution in [3.8, 4) is 0 Å². The van der Waals surface area contributed by atoms with Crippen LogP contribution in [-0.2, 0) is 27.9 Å². The first-order valence-electron chi connectivity index (χ1n) is 32.9. The minimum absolute atomic E-state index is 0.0285. The zero-order valence-corrected chi connectivity index (χ0v) is 62.8. The van der Waals surface area contributed by atoms with E-state index in [1.807, 2.05) is 157 Å². The first kappa shape index (κ1) is 82.7. The first-order valence-corrected chi connectivity index (χ1v) is 33.3. The Labute approximate surface area is 592 Å². The molecule has 0 radical (unpaired) electrons. The molecule has 540 valence electrons. The lowest BCUT2D eigenvalue weighted by Gasteiger charge is -2.39. The topological polar surface area (TPSA) is 335 Å². The van der Waals surface area contributed by atoms with Crippen LogP contribution in [0.5, 0.6) is 0 Å². The number of hydrogen-bond donors (Lipinski definition) is 3. The van der Waals surface area contributed by atoms with Crippen molar-refractivity contribution >= 4 is 95.3 Å². The lowest BCUT2D eigenvalue weighted by atomic mass is 9.77. The fraction of sp³-hybridized carbons (Fsp3) is 0.507. The summed E-state index contributed by atoms with van der Waals surface area (Å²) in [4.78, 5) is 94.5. The van der Waals surface area contributed by atoms with E-state index < -0.39 is 86.9 Å². The summed E-state index contributed by atoms with van der Waals surface area (Å²) in [6.45, 7) is 46.4. The largest absolute Gasteiger partial charge is 0.501 e. The predicted octanol–water partition coefficient (Wildman–Crippen LogP) is 12.4. The van der Waals surface area contributed by atoms with Gasteiger partial charge in [-0.15, -0.1) is 0 Å². The van der Waals surface area contributed by atoms with E-state index in [9.17, 15) is 54.3 Å². The van der Waals surface area contributed by atoms with Gasteiger partial charge in [0.15, 0.2) is 0 Å². The maximum Gasteiger partial charge on any atom is 0.501 e. The third-order valence-corrected chi connectivity index (χ3v) is 19.2. The molecule has 0 aliphatic carbocycles. The summed E-state index contributed by atoms with van der Waals surface area (Å²) in [6.07, 6.45) is 1.43. The van der Waals surface area contributed by atoms with Gasteiger partial charge in [-0.25, -0.2) is 15.6 Å². The molecule has 3 amide bonds. The molecule has 29 heteroatoms. The van der Waals surface area contributed by atoms with E-state index in [-0.39, 0.29) is 84.9 Å². The van der Waals surface area contributed by atoms with Gasteiger partial charge in [-0.1, -0.05) is 108 Å². The van der Waals surface area contributed by atoms with Gasteiger partial charge in [-0.3, -0.25) is 60.0 Å². The van der Waals surface area contributed by atoms with Crippen molar-refractivity contribution in [1.82, 2.24) is 15.4 Å². The number of hydrazine groups is 2. The van der Waals surface area contributed by atoms with Crippen molar-refractivity contribution in [3.63, 3.8) is 0 Å². The Morgan fingerprint density at radius 3 is 1.04 bits per heavy atom. The number of carboxylic acid groups (broad SMARTS) is 1. The summed E-state index contributed by atoms with van der Waals surface area (Å²) in [7, 11) is -2.73. The molecule has 2 atom stereocenters. The highest BCUT2D eigenvalue weighted by molar-refractivity contribution is 6.68. The number of rotatable bonds is 15. The summed E-state index contributed by atoms with van der Waals surface area (Å²) in [5.74, 6) is 3.77. The number of amides is 3. The third kappa shape index (κ3) is 19.4. The van der Waals surface area contributed by atoms with Gasteiger partial charge in [-0.2, -0.15) is 0 Å². The maximum absolute atomic E-state index is 13.8. The molecule has 5 aromatic rings. The van der Waals surface area contributed by atoms with Crippen LogP contribution >= 0.6 is 11.6 Å². The quantitative estimate of drug-likeness (QED) is 0.0219. The van der Waals surface area contributed by atoms with Crippen LogP contribution in [0.25, 0.3) is 0 Å². The van der Waals surface area contributed by atoms with E-state index in [0.717, 1.165) is 40.8 Å². The number of aromatic carboxylic acids is 1. The van der Waals surface area contributed by atoms with Gasteiger partial charge in [0, 0.05) is 40.5 Å². The van der Waals surface area contributed by atoms with Crippen molar-refractivity contribution in [2.45, 2.75) is 225 Å². The number of nitro groups is 3. The summed E-state index contributed by atoms with van der Waals surface area (Å²) in [6, 6.07) is 22.9. The minimum Gasteiger partial charge on any atom is -0.478 e. The minimum atomic E-state index is -1.22. The predicted molar refractivity (Wildman–Crippen MR) is 386 cm³/mol. The van der Waals surface area contributed by atoms with Crippen LogP contribution in [0.4, 0.5) is 17.1 Å². The van der Waals surface area contributed by atoms with Crippen LogP contribution in [0.15, 0.2) is 91.0 Å². The Kier molecular flexibility index (Phi) is 25.7. The molecule has 3 aliphatic rings. The van der Waals surface area contributed by atoms with Gasteiger partial charge in [0.2, 0.25) is 0 Å². The molecule has 100 heavy (non-hydrogen) atoms. The van der Waals surface area contributed by atoms with Crippen molar-refractivity contribution in [1.29, 1.82) is 0 Å². The van der Waals surface area contributed by atoms with Crippen molar-refractivity contribution < 1.29 is 71.8 Å². The lowest BCUT2D eigenvalue weighted by molar-refractivity contribution is -0.383. The van der Waals surface area contributed by atoms with Gasteiger partial charge in [0.05, 0.1) is 82.4 Å². The SMILES string of the molecule is CC1(C)OB(c2ccc(C(=O)Cl)cc2[N+](=O)[O-])OC1(C)C.CC1(C)OB(c2ccc(C(=O)O)cc2[N+](=O)[O-])OC1(C)C.CC[C@@H](N(N)C(=O)c1cc(C)cc(C)c1)C(C)(C)C.CC[C@@H](N(NC(=O)c1ccc(B2OC(C)(C)C(C)(C)O2)c([N+](=O)[O-])c1)C(=O)c1cc(C)cc(C)c1)C(C)(C)C. The number of carboxylic acids is 1. The highest BCUT2D eigenvalue weighted by Crippen LogP contribution is 2.40. The second kappa shape index (κ2) is 31.1. The maximum atomic E-state index is 13.8. The smallest absolute Gasteiger partial charge is 0.478 e. The van der Waals surface area contributed by atoms with E-state index >= 15 is 0 Å². The first-order chi connectivity index (χ1) is 45.6. The summed E-state index contributed by atoms with van der Waals surface area (Å²) >= 11 is 5.36. The molecule has 0 unspecified atom stereocenters. The zero-order chi connectivity index (χ0) is 76.3. The number of aryl methyl sites for hydroxylation is 4. The Balaban J connectivity index is 0.000000254. The summed E-state index contributed by atoms with van der Waals surface area (Å²) < 4.78 is 35.1. The number of halogens is 1. The number of benzene rings is 5. The normalized spacial score (nSPS) is 17.4. The molecule has 8 rings (SSSR count). The van der Waals surface area contributed by atoms with Crippen LogP contribution in [0.3, 0.4) is 0 Å². The molecule has 3 fully saturated rings. The third-order valence-electron chi connectivity index (χ3n) is 19.0. The second-order valence-corrected chi connectivity index (χ2v) is 30.9. The molecule has 3 aliphatic heterocycles. The van der Waals surface area contributed by atoms with Crippen molar-refractivity contribution in [2.24, 2.45) is 16.7 Å². The molecule has 0 spiro atoms. The zero-order valence-electron chi connectivity index (χ0n) is 62.0. The number of nitro benzene ring substituents is 3. The van der Waals surface area contributed by atoms with Crippen LogP contribution in [0.2, 0.25) is 0 Å². The number of nitrogens with two attached hydrogens (primary N) is 1. The van der Waals surface area contributed by atoms with E-state index in [1.165, 1.54) is 52.5 Å². The van der Waals surface area contributed by atoms with Gasteiger partial charge >= 0.3 is 27.3 Å². The molecule has 0 saturated carbocycles. The van der Waals surface area contributed by atoms with Gasteiger partial charge in [-0.05, 0) is 189 Å². The number of carbonyl (C=O) groups excluding carboxylic acids is 4. The average Bonchev–Trinajstić information content (AvgIpc) is 1.62. The number of nitrogens with zero attached hydrogens (tertiary/aromatic N) is 5. The highest BCUT2D eigenvalue weighted by atomic mass is 35.5. The Morgan fingerprint density at radius 2 is 0.760 bits per heavy atom. The highest BCUT2D eigenvalue weighted by Gasteiger charge is 2.56. The lowest BCUT2D eigenvalue weighted by Crippen LogP contribution is -2.56. The molecule has 0 aromatic heterocycles. The van der Waals surface area contributed by atoms with Crippen LogP contribution in [-0.4, -0.2) is 126 Å². The van der Waals surface area contributed by atoms with E-state index in [0.29, 0.717) is 17.5 Å². The summed E-state index contributed by atoms with van der Waals surface area (Å²) in [5, 5.41) is 45.4. The van der Waals surface area contributed by atoms with Crippen LogP contribution in [0.1, 0.15) is 225 Å². The average molecular weight is 1400 g/mol. The standard InChI is InChI=1S/C29H40BN3O6.C16H26N2O.C13H15BClNO5.C13H16BNO6/c1-11-24(27(4,5)6)32(26(35)21-15-18(2)14-19(3)16-21)31-25(34)20-12-13-22(23(17-20)33(36)37)30-38-28(7,8)29(9,10)39-30;1-7-14(16(4,5)6)18(17)15(19)13-9-11(2)8-12(3)10-13;1-12(2)13(3,4)21-14(20-12)9-6-5-8(11(15)17)7-10(9)16(18)19;1-12(2)13(3,4)21-14(20-12)9-6-5-8(11(16)17)7-10(9)15(18)19/h12-17,24H,11H2,1-10H3,(H,31,34);8-10,14H,7,17H2,1-6H3;5-7H,1-4H3;5-7H,1-4H3,(H,16,17)/t24-;14-;;/m11../s1. The van der Waals surface area contributed by atoms with Crippen molar-refractivity contribution in [3.05, 3.63) is 171 Å². The second-order valence-electron chi connectivity index (χ2n) is 30.6. The molecule has 3 saturated heterocycles. The number of nitrogens with one attached hydrogen (secondary N) is 1. The Morgan fingerprint density at radius 1 is 0.480 bits per heavy atom. The monoisotopic (exact) mass is 1400 g/mol. The van der Waals surface area contributed by atoms with E-state index in [1.54, 1.807) is 12.1 Å². The molecule has 5 aromatic carbocycles. The number of hydrogen-bond acceptors (Lipinski definition) is 18. The van der Waals surface area contributed by atoms with Crippen molar-refractivity contribution in [2.75, 3.05) is 0 Å². The Bertz CT molecular complexity index is 3750. The molecule has 4 N–H and O–H groups in total. The Hall–Kier alpha value is -7.95. The molecule has 3 heterocycles. The van der Waals surface area contributed by atoms with Gasteiger partial charge < -0.3 is 33.0 Å². The number of carbonyl (C=O) groups is 5. The summed E-state index contributed by atoms with van der Waals surface area (Å²) in [5.41, 5.74) is 3.49. The van der Waals surface area contributed by atoms with E-state index in [4.69, 9.17) is 50.5 Å². The van der Waals surface area contributed by atoms with Crippen LogP contribution < -0.4 is 27.7 Å². The van der Waals surface area contributed by atoms with Crippen LogP contribution in [0, 0.1) is 68.9 Å². The molecular formula is C71H97B3ClN7O18. The van der Waals surface area contributed by atoms with E-state index in [2.05, 4.69) is 39.2 Å². The van der Waals surface area contributed by atoms with Gasteiger partial charge in [0.1, 0.15) is 0 Å². The van der Waals surface area contributed by atoms with Gasteiger partial charge in [0.25, 0.3) is 40.0 Å².